The van der Waals surface area contributed by atoms with Gasteiger partial charge >= 0.3 is 0 Å². The van der Waals surface area contributed by atoms with Crippen LogP contribution in [0.3, 0.4) is 0 Å². The molecule has 15 heavy (non-hydrogen) atoms. The minimum atomic E-state index is -1.57. The van der Waals surface area contributed by atoms with Crippen LogP contribution in [0.2, 0.25) is 18.1 Å². The molecule has 1 aliphatic carbocycles. The normalized spacial score (nSPS) is 27.6. The Labute approximate surface area is 95.2 Å². The van der Waals surface area contributed by atoms with E-state index in [1.807, 2.05) is 0 Å². The van der Waals surface area contributed by atoms with Crippen molar-refractivity contribution in [2.45, 2.75) is 51.7 Å². The summed E-state index contributed by atoms with van der Waals surface area (Å²) in [5.41, 5.74) is 0. The Morgan fingerprint density at radius 2 is 1.73 bits per heavy atom. The van der Waals surface area contributed by atoms with Crippen molar-refractivity contribution >= 4 is 8.32 Å². The first kappa shape index (κ1) is 13.2. The van der Waals surface area contributed by atoms with Crippen LogP contribution in [0.4, 0.5) is 0 Å². The minimum Gasteiger partial charge on any atom is -0.417 e. The van der Waals surface area contributed by atoms with Gasteiger partial charge in [-0.1, -0.05) is 20.8 Å². The Balaban J connectivity index is 2.36. The number of rotatable bonds is 4. The predicted molar refractivity (Wildman–Crippen MR) is 66.4 cm³/mol. The molecule has 0 amide bonds. The fourth-order valence-corrected chi connectivity index (χ4v) is 2.69. The number of hydrogen-bond acceptors (Lipinski definition) is 2. The van der Waals surface area contributed by atoms with Gasteiger partial charge in [-0.3, -0.25) is 0 Å². The Morgan fingerprint density at radius 1 is 1.20 bits per heavy atom. The molecule has 1 saturated carbocycles. The first-order chi connectivity index (χ1) is 6.78. The van der Waals surface area contributed by atoms with Crippen LogP contribution in [0, 0.1) is 11.8 Å². The highest BCUT2D eigenvalue weighted by atomic mass is 28.4. The van der Waals surface area contributed by atoms with Crippen molar-refractivity contribution in [1.82, 2.24) is 0 Å². The van der Waals surface area contributed by atoms with E-state index in [1.54, 1.807) is 0 Å². The summed E-state index contributed by atoms with van der Waals surface area (Å²) in [4.78, 5) is 0. The van der Waals surface area contributed by atoms with E-state index < -0.39 is 8.32 Å². The van der Waals surface area contributed by atoms with Crippen molar-refractivity contribution in [2.24, 2.45) is 11.8 Å². The second kappa shape index (κ2) is 4.56. The lowest BCUT2D eigenvalue weighted by Gasteiger charge is -2.41. The number of aliphatic hydroxyl groups is 1. The third-order valence-corrected chi connectivity index (χ3v) is 8.77. The maximum absolute atomic E-state index is 9.10. The fourth-order valence-electron chi connectivity index (χ4n) is 1.63. The zero-order valence-corrected chi connectivity index (χ0v) is 11.8. The minimum absolute atomic E-state index is 0.297. The molecule has 2 nitrogen and oxygen atoms in total. The molecule has 0 saturated heterocycles. The number of aliphatic hydroxyl groups excluding tert-OH is 1. The zero-order valence-electron chi connectivity index (χ0n) is 10.8. The molecule has 1 fully saturated rings. The van der Waals surface area contributed by atoms with Crippen LogP contribution < -0.4 is 0 Å². The molecular formula is C12H26O2Si. The molecule has 0 aliphatic heterocycles. The molecule has 0 heterocycles. The highest BCUT2D eigenvalue weighted by Gasteiger charge is 2.39. The zero-order chi connectivity index (χ0) is 11.7. The first-order valence-electron chi connectivity index (χ1n) is 6.03. The Bertz CT molecular complexity index is 206. The van der Waals surface area contributed by atoms with Gasteiger partial charge in [0.1, 0.15) is 0 Å². The molecule has 90 valence electrons. The molecular weight excluding hydrogens is 204 g/mol. The highest BCUT2D eigenvalue weighted by Crippen LogP contribution is 2.39. The Kier molecular flexibility index (Phi) is 4.01. The van der Waals surface area contributed by atoms with Gasteiger partial charge in [-0.2, -0.15) is 0 Å². The molecule has 0 spiro atoms. The van der Waals surface area contributed by atoms with E-state index in [-0.39, 0.29) is 0 Å². The van der Waals surface area contributed by atoms with E-state index in [2.05, 4.69) is 33.9 Å². The number of hydrogen-bond donors (Lipinski definition) is 1. The molecule has 0 aromatic rings. The van der Waals surface area contributed by atoms with Crippen LogP contribution in [0.25, 0.3) is 0 Å². The second-order valence-electron chi connectivity index (χ2n) is 6.35. The standard InChI is InChI=1S/C12H26O2Si/c1-12(2,3)15(4,5)14-9-11-7-6-10(11)8-13/h10-11,13H,6-9H2,1-5H3/t10-,11-/m0/s1. The molecule has 0 unspecified atom stereocenters. The molecule has 0 aromatic carbocycles. The highest BCUT2D eigenvalue weighted by molar-refractivity contribution is 6.74. The van der Waals surface area contributed by atoms with Crippen molar-refractivity contribution in [3.05, 3.63) is 0 Å². The third-order valence-electron chi connectivity index (χ3n) is 4.27. The second-order valence-corrected chi connectivity index (χ2v) is 11.2. The lowest BCUT2D eigenvalue weighted by molar-refractivity contribution is 0.0496. The Hall–Kier alpha value is 0.137. The van der Waals surface area contributed by atoms with Gasteiger partial charge in [0, 0.05) is 13.2 Å². The summed E-state index contributed by atoms with van der Waals surface area (Å²) in [7, 11) is -1.57. The summed E-state index contributed by atoms with van der Waals surface area (Å²) >= 11 is 0. The van der Waals surface area contributed by atoms with E-state index in [0.717, 1.165) is 6.61 Å². The van der Waals surface area contributed by atoms with Gasteiger partial charge in [-0.15, -0.1) is 0 Å². The third kappa shape index (κ3) is 3.05. The molecule has 2 atom stereocenters. The van der Waals surface area contributed by atoms with E-state index in [0.29, 0.717) is 23.5 Å². The molecule has 0 radical (unpaired) electrons. The van der Waals surface area contributed by atoms with Crippen molar-refractivity contribution in [3.63, 3.8) is 0 Å². The van der Waals surface area contributed by atoms with E-state index in [9.17, 15) is 0 Å². The van der Waals surface area contributed by atoms with Crippen molar-refractivity contribution in [3.8, 4) is 0 Å². The van der Waals surface area contributed by atoms with E-state index in [4.69, 9.17) is 9.53 Å². The summed E-state index contributed by atoms with van der Waals surface area (Å²) in [6.45, 7) is 12.6. The van der Waals surface area contributed by atoms with Crippen molar-refractivity contribution in [1.29, 1.82) is 0 Å². The average molecular weight is 230 g/mol. The van der Waals surface area contributed by atoms with Gasteiger partial charge in [0.25, 0.3) is 0 Å². The molecule has 0 bridgehead atoms. The lowest BCUT2D eigenvalue weighted by Crippen LogP contribution is -2.44. The van der Waals surface area contributed by atoms with Crippen LogP contribution in [0.5, 0.6) is 0 Å². The monoisotopic (exact) mass is 230 g/mol. The summed E-state index contributed by atoms with van der Waals surface area (Å²) in [6, 6.07) is 0. The Morgan fingerprint density at radius 3 is 2.07 bits per heavy atom. The van der Waals surface area contributed by atoms with Crippen LogP contribution in [0.1, 0.15) is 33.6 Å². The lowest BCUT2D eigenvalue weighted by atomic mass is 9.75. The van der Waals surface area contributed by atoms with Crippen LogP contribution in [-0.2, 0) is 4.43 Å². The summed E-state index contributed by atoms with van der Waals surface area (Å²) < 4.78 is 6.16. The van der Waals surface area contributed by atoms with Gasteiger partial charge < -0.3 is 9.53 Å². The first-order valence-corrected chi connectivity index (χ1v) is 8.93. The van der Waals surface area contributed by atoms with Crippen LogP contribution in [0.15, 0.2) is 0 Å². The maximum atomic E-state index is 9.10. The summed E-state index contributed by atoms with van der Waals surface area (Å²) in [6.07, 6.45) is 2.42. The predicted octanol–water partition coefficient (Wildman–Crippen LogP) is 3.03. The van der Waals surface area contributed by atoms with E-state index >= 15 is 0 Å². The topological polar surface area (TPSA) is 29.5 Å². The van der Waals surface area contributed by atoms with Gasteiger partial charge in [0.2, 0.25) is 0 Å². The van der Waals surface area contributed by atoms with Gasteiger partial charge in [0.05, 0.1) is 0 Å². The smallest absolute Gasteiger partial charge is 0.191 e. The largest absolute Gasteiger partial charge is 0.417 e. The fraction of sp³-hybridized carbons (Fsp3) is 1.00. The van der Waals surface area contributed by atoms with E-state index in [1.165, 1.54) is 12.8 Å². The van der Waals surface area contributed by atoms with Crippen molar-refractivity contribution < 1.29 is 9.53 Å². The maximum Gasteiger partial charge on any atom is 0.191 e. The quantitative estimate of drug-likeness (QED) is 0.752. The molecule has 0 aromatic heterocycles. The molecule has 1 aliphatic rings. The van der Waals surface area contributed by atoms with Gasteiger partial charge in [-0.05, 0) is 42.8 Å². The van der Waals surface area contributed by atoms with Crippen LogP contribution in [-0.4, -0.2) is 26.6 Å². The SMILES string of the molecule is CC(C)(C)[Si](C)(C)OC[C@@H]1CC[C@H]1CO. The van der Waals surface area contributed by atoms with Gasteiger partial charge in [0.15, 0.2) is 8.32 Å². The molecule has 3 heteroatoms. The van der Waals surface area contributed by atoms with Gasteiger partial charge in [-0.25, -0.2) is 0 Å². The summed E-state index contributed by atoms with van der Waals surface area (Å²) in [5.74, 6) is 1.12. The summed E-state index contributed by atoms with van der Waals surface area (Å²) in [5, 5.41) is 9.40. The molecule has 1 N–H and O–H groups in total. The van der Waals surface area contributed by atoms with Crippen LogP contribution >= 0.6 is 0 Å². The van der Waals surface area contributed by atoms with Crippen molar-refractivity contribution in [2.75, 3.05) is 13.2 Å². The average Bonchev–Trinajstić information content (AvgIpc) is 2.00. The molecule has 1 rings (SSSR count).